The molecular formula is C19H15F3N6O2. The molecule has 0 radical (unpaired) electrons. The van der Waals surface area contributed by atoms with Crippen LogP contribution in [0.2, 0.25) is 0 Å². The Morgan fingerprint density at radius 1 is 1.20 bits per heavy atom. The van der Waals surface area contributed by atoms with Crippen LogP contribution < -0.4 is 10.1 Å². The van der Waals surface area contributed by atoms with E-state index in [1.54, 1.807) is 10.9 Å². The summed E-state index contributed by atoms with van der Waals surface area (Å²) in [5, 5.41) is 14.8. The summed E-state index contributed by atoms with van der Waals surface area (Å²) < 4.78 is 47.4. The number of anilines is 1. The van der Waals surface area contributed by atoms with Crippen LogP contribution in [0.15, 0.2) is 54.9 Å². The number of halogens is 3. The van der Waals surface area contributed by atoms with Crippen LogP contribution in [0, 0.1) is 0 Å². The van der Waals surface area contributed by atoms with Crippen LogP contribution in [0.5, 0.6) is 5.75 Å². The van der Waals surface area contributed by atoms with Gasteiger partial charge in [0, 0.05) is 5.56 Å². The van der Waals surface area contributed by atoms with Gasteiger partial charge < -0.3 is 10.1 Å². The fourth-order valence-electron chi connectivity index (χ4n) is 2.94. The van der Waals surface area contributed by atoms with Crippen LogP contribution in [0.3, 0.4) is 0 Å². The van der Waals surface area contributed by atoms with Crippen molar-refractivity contribution in [3.05, 3.63) is 66.0 Å². The molecule has 154 valence electrons. The molecule has 0 aliphatic heterocycles. The van der Waals surface area contributed by atoms with Crippen LogP contribution in [0.25, 0.3) is 11.0 Å². The number of para-hydroxylation sites is 1. The molecule has 4 rings (SSSR count). The highest BCUT2D eigenvalue weighted by molar-refractivity contribution is 6.04. The number of benzene rings is 2. The van der Waals surface area contributed by atoms with Crippen molar-refractivity contribution in [2.24, 2.45) is 0 Å². The molecular weight excluding hydrogens is 401 g/mol. The van der Waals surface area contributed by atoms with Crippen molar-refractivity contribution < 1.29 is 22.7 Å². The van der Waals surface area contributed by atoms with Gasteiger partial charge in [0.05, 0.1) is 36.3 Å². The van der Waals surface area contributed by atoms with E-state index in [-0.39, 0.29) is 18.0 Å². The fourth-order valence-corrected chi connectivity index (χ4v) is 2.94. The van der Waals surface area contributed by atoms with Crippen molar-refractivity contribution in [3.8, 4) is 5.75 Å². The van der Waals surface area contributed by atoms with Crippen LogP contribution >= 0.6 is 0 Å². The first kappa shape index (κ1) is 19.4. The Labute approximate surface area is 167 Å². The number of nitrogens with one attached hydrogen (secondary N) is 1. The van der Waals surface area contributed by atoms with Crippen molar-refractivity contribution in [1.29, 1.82) is 0 Å². The predicted molar refractivity (Wildman–Crippen MR) is 101 cm³/mol. The second kappa shape index (κ2) is 7.50. The molecule has 0 saturated heterocycles. The highest BCUT2D eigenvalue weighted by atomic mass is 19.4. The average molecular weight is 416 g/mol. The number of alkyl halides is 3. The molecule has 11 heteroatoms. The Bertz CT molecular complexity index is 1210. The maximum Gasteiger partial charge on any atom is 0.419 e. The summed E-state index contributed by atoms with van der Waals surface area (Å²) >= 11 is 0. The van der Waals surface area contributed by atoms with E-state index < -0.39 is 17.6 Å². The molecule has 0 fully saturated rings. The van der Waals surface area contributed by atoms with Crippen molar-refractivity contribution >= 4 is 22.6 Å². The van der Waals surface area contributed by atoms with Gasteiger partial charge in [0.25, 0.3) is 5.91 Å². The minimum absolute atomic E-state index is 0.154. The molecule has 0 spiro atoms. The van der Waals surface area contributed by atoms with Crippen LogP contribution in [-0.2, 0) is 12.8 Å². The molecule has 0 atom stereocenters. The number of hydrogen-bond acceptors (Lipinski definition) is 5. The molecule has 2 aromatic heterocycles. The molecule has 2 heterocycles. The minimum Gasteiger partial charge on any atom is -0.496 e. The van der Waals surface area contributed by atoms with Gasteiger partial charge in [0.15, 0.2) is 0 Å². The van der Waals surface area contributed by atoms with Gasteiger partial charge in [0.2, 0.25) is 0 Å². The van der Waals surface area contributed by atoms with E-state index in [2.05, 4.69) is 20.7 Å². The number of carbonyl (C=O) groups is 1. The van der Waals surface area contributed by atoms with E-state index in [9.17, 15) is 18.0 Å². The number of nitrogens with zero attached hydrogens (tertiary/aromatic N) is 5. The molecule has 0 unspecified atom stereocenters. The number of methoxy groups -OCH3 is 1. The molecule has 8 nitrogen and oxygen atoms in total. The zero-order chi connectivity index (χ0) is 21.3. The standard InChI is InChI=1S/C19H15F3N6O2/c1-30-17-7-6-12(8-14(17)19(20,21)22)18(29)24-13-9-23-27(10-13)11-28-16-5-3-2-4-15(16)25-26-28/h2-10H,11H2,1H3,(H,24,29). The third-order valence-corrected chi connectivity index (χ3v) is 4.36. The molecule has 0 aliphatic rings. The summed E-state index contributed by atoms with van der Waals surface area (Å²) in [6.07, 6.45) is -1.71. The largest absolute Gasteiger partial charge is 0.496 e. The monoisotopic (exact) mass is 416 g/mol. The average Bonchev–Trinajstić information content (AvgIpc) is 3.34. The van der Waals surface area contributed by atoms with Gasteiger partial charge in [-0.3, -0.25) is 4.79 Å². The first-order valence-corrected chi connectivity index (χ1v) is 8.72. The van der Waals surface area contributed by atoms with Gasteiger partial charge in [-0.1, -0.05) is 17.3 Å². The van der Waals surface area contributed by atoms with Gasteiger partial charge in [0.1, 0.15) is 17.9 Å². The molecule has 0 aliphatic carbocycles. The van der Waals surface area contributed by atoms with Crippen LogP contribution in [0.4, 0.5) is 18.9 Å². The Balaban J connectivity index is 1.50. The van der Waals surface area contributed by atoms with Gasteiger partial charge >= 0.3 is 6.18 Å². The third-order valence-electron chi connectivity index (χ3n) is 4.36. The predicted octanol–water partition coefficient (Wildman–Crippen LogP) is 3.41. The van der Waals surface area contributed by atoms with Gasteiger partial charge in [-0.2, -0.15) is 18.3 Å². The van der Waals surface area contributed by atoms with E-state index in [0.29, 0.717) is 5.69 Å². The molecule has 30 heavy (non-hydrogen) atoms. The zero-order valence-electron chi connectivity index (χ0n) is 15.6. The van der Waals surface area contributed by atoms with Crippen molar-refractivity contribution in [3.63, 3.8) is 0 Å². The van der Waals surface area contributed by atoms with Gasteiger partial charge in [-0.25, -0.2) is 9.36 Å². The maximum atomic E-state index is 13.2. The third kappa shape index (κ3) is 3.81. The van der Waals surface area contributed by atoms with Crippen LogP contribution in [-0.4, -0.2) is 37.8 Å². The first-order chi connectivity index (χ1) is 14.3. The number of rotatable bonds is 5. The Kier molecular flexibility index (Phi) is 4.86. The zero-order valence-corrected chi connectivity index (χ0v) is 15.6. The summed E-state index contributed by atoms with van der Waals surface area (Å²) in [5.74, 6) is -1.05. The Morgan fingerprint density at radius 3 is 2.77 bits per heavy atom. The number of hydrogen-bond donors (Lipinski definition) is 1. The highest BCUT2D eigenvalue weighted by Crippen LogP contribution is 2.36. The summed E-state index contributed by atoms with van der Waals surface area (Å²) in [6.45, 7) is 0.247. The Hall–Kier alpha value is -3.89. The second-order valence-electron chi connectivity index (χ2n) is 6.35. The molecule has 1 N–H and O–H groups in total. The smallest absolute Gasteiger partial charge is 0.419 e. The maximum absolute atomic E-state index is 13.2. The number of fused-ring (bicyclic) bond motifs is 1. The topological polar surface area (TPSA) is 86.9 Å². The summed E-state index contributed by atoms with van der Waals surface area (Å²) in [4.78, 5) is 12.4. The van der Waals surface area contributed by atoms with E-state index in [1.807, 2.05) is 24.3 Å². The van der Waals surface area contributed by atoms with E-state index >= 15 is 0 Å². The minimum atomic E-state index is -4.65. The van der Waals surface area contributed by atoms with Crippen molar-refractivity contribution in [2.75, 3.05) is 12.4 Å². The molecule has 0 bridgehead atoms. The molecule has 0 saturated carbocycles. The normalized spacial score (nSPS) is 11.6. The second-order valence-corrected chi connectivity index (χ2v) is 6.35. The number of aromatic nitrogens is 5. The summed E-state index contributed by atoms with van der Waals surface area (Å²) in [7, 11) is 1.14. The van der Waals surface area contributed by atoms with E-state index in [4.69, 9.17) is 4.74 Å². The lowest BCUT2D eigenvalue weighted by Gasteiger charge is -2.13. The number of carbonyl (C=O) groups excluding carboxylic acids is 1. The quantitative estimate of drug-likeness (QED) is 0.539. The van der Waals surface area contributed by atoms with Gasteiger partial charge in [-0.15, -0.1) is 5.10 Å². The first-order valence-electron chi connectivity index (χ1n) is 8.72. The lowest BCUT2D eigenvalue weighted by atomic mass is 10.1. The van der Waals surface area contributed by atoms with Crippen LogP contribution in [0.1, 0.15) is 15.9 Å². The molecule has 1 amide bonds. The highest BCUT2D eigenvalue weighted by Gasteiger charge is 2.35. The van der Waals surface area contributed by atoms with Crippen molar-refractivity contribution in [1.82, 2.24) is 24.8 Å². The number of ether oxygens (including phenoxy) is 1. The molecule has 2 aromatic carbocycles. The van der Waals surface area contributed by atoms with Crippen molar-refractivity contribution in [2.45, 2.75) is 12.8 Å². The van der Waals surface area contributed by atoms with E-state index in [0.717, 1.165) is 30.3 Å². The molecule has 4 aromatic rings. The Morgan fingerprint density at radius 2 is 2.00 bits per heavy atom. The summed E-state index contributed by atoms with van der Waals surface area (Å²) in [6, 6.07) is 10.5. The lowest BCUT2D eigenvalue weighted by molar-refractivity contribution is -0.138. The lowest BCUT2D eigenvalue weighted by Crippen LogP contribution is -2.14. The SMILES string of the molecule is COc1ccc(C(=O)Nc2cnn(Cn3nnc4ccccc43)c2)cc1C(F)(F)F. The van der Waals surface area contributed by atoms with E-state index in [1.165, 1.54) is 16.9 Å². The summed E-state index contributed by atoms with van der Waals surface area (Å²) in [5.41, 5.74) is 0.702. The number of amides is 1. The fraction of sp³-hybridized carbons (Fsp3) is 0.158. The van der Waals surface area contributed by atoms with Gasteiger partial charge in [-0.05, 0) is 30.3 Å².